The Morgan fingerprint density at radius 3 is 2.61 bits per heavy atom. The van der Waals surface area contributed by atoms with Gasteiger partial charge in [0.15, 0.2) is 5.78 Å². The minimum atomic E-state index is -0.578. The number of nitrogens with zero attached hydrogens (tertiary/aromatic N) is 1. The minimum Gasteiger partial charge on any atom is -0.444 e. The minimum absolute atomic E-state index is 0.0342. The van der Waals surface area contributed by atoms with E-state index in [-0.39, 0.29) is 18.7 Å². The Hall–Kier alpha value is -1.43. The Morgan fingerprint density at radius 2 is 2.11 bits per heavy atom. The molecule has 6 heteroatoms. The maximum Gasteiger partial charge on any atom is 0.408 e. The molecule has 0 radical (unpaired) electrons. The number of rotatable bonds is 4. The van der Waals surface area contributed by atoms with Gasteiger partial charge in [0.2, 0.25) is 0 Å². The zero-order valence-electron chi connectivity index (χ0n) is 11.1. The lowest BCUT2D eigenvalue weighted by atomic mass is 10.2. The van der Waals surface area contributed by atoms with Crippen molar-refractivity contribution in [3.63, 3.8) is 0 Å². The van der Waals surface area contributed by atoms with Gasteiger partial charge in [-0.3, -0.25) is 4.79 Å². The van der Waals surface area contributed by atoms with Crippen molar-refractivity contribution in [3.05, 3.63) is 16.1 Å². The van der Waals surface area contributed by atoms with Crippen molar-refractivity contribution in [3.8, 4) is 0 Å². The molecule has 5 nitrogen and oxygen atoms in total. The second-order valence-corrected chi connectivity index (χ2v) is 5.90. The number of amides is 1. The Morgan fingerprint density at radius 1 is 1.44 bits per heavy atom. The van der Waals surface area contributed by atoms with Crippen LogP contribution in [0, 0.1) is 6.92 Å². The molecule has 1 rings (SSSR count). The van der Waals surface area contributed by atoms with E-state index in [9.17, 15) is 9.59 Å². The van der Waals surface area contributed by atoms with Crippen LogP contribution < -0.4 is 5.32 Å². The first-order valence-electron chi connectivity index (χ1n) is 5.66. The van der Waals surface area contributed by atoms with Crippen molar-refractivity contribution in [2.45, 2.75) is 39.7 Å². The molecule has 18 heavy (non-hydrogen) atoms. The van der Waals surface area contributed by atoms with Gasteiger partial charge in [-0.2, -0.15) is 0 Å². The lowest BCUT2D eigenvalue weighted by Gasteiger charge is -2.19. The van der Waals surface area contributed by atoms with Gasteiger partial charge >= 0.3 is 6.09 Å². The molecule has 0 spiro atoms. The van der Waals surface area contributed by atoms with Crippen LogP contribution in [0.2, 0.25) is 0 Å². The Labute approximate surface area is 111 Å². The summed E-state index contributed by atoms with van der Waals surface area (Å²) in [7, 11) is 0. The highest BCUT2D eigenvalue weighted by atomic mass is 32.1. The van der Waals surface area contributed by atoms with E-state index in [2.05, 4.69) is 10.3 Å². The third-order valence-electron chi connectivity index (χ3n) is 1.84. The van der Waals surface area contributed by atoms with Crippen LogP contribution in [-0.2, 0) is 16.0 Å². The summed E-state index contributed by atoms with van der Waals surface area (Å²) >= 11 is 1.45. The summed E-state index contributed by atoms with van der Waals surface area (Å²) in [5, 5.41) is 5.09. The average molecular weight is 270 g/mol. The van der Waals surface area contributed by atoms with Crippen LogP contribution in [0.25, 0.3) is 0 Å². The monoisotopic (exact) mass is 270 g/mol. The largest absolute Gasteiger partial charge is 0.444 e. The molecule has 0 aliphatic heterocycles. The van der Waals surface area contributed by atoms with E-state index in [4.69, 9.17) is 4.74 Å². The molecule has 100 valence electrons. The number of hydrogen-bond acceptors (Lipinski definition) is 5. The van der Waals surface area contributed by atoms with Crippen molar-refractivity contribution < 1.29 is 14.3 Å². The van der Waals surface area contributed by atoms with Gasteiger partial charge in [0.05, 0.1) is 13.0 Å². The van der Waals surface area contributed by atoms with Crippen molar-refractivity contribution >= 4 is 23.2 Å². The fourth-order valence-corrected chi connectivity index (χ4v) is 2.00. The number of thiazole rings is 1. The summed E-state index contributed by atoms with van der Waals surface area (Å²) in [6, 6.07) is 0. The van der Waals surface area contributed by atoms with Crippen molar-refractivity contribution in [2.75, 3.05) is 6.54 Å². The molecule has 0 aliphatic carbocycles. The Kier molecular flexibility index (Phi) is 4.84. The van der Waals surface area contributed by atoms with E-state index in [1.807, 2.05) is 12.3 Å². The molecule has 0 unspecified atom stereocenters. The van der Waals surface area contributed by atoms with Crippen LogP contribution in [0.1, 0.15) is 31.5 Å². The molecule has 0 atom stereocenters. The third kappa shape index (κ3) is 5.77. The zero-order chi connectivity index (χ0) is 13.8. The predicted octanol–water partition coefficient (Wildman–Crippen LogP) is 2.09. The first-order valence-corrected chi connectivity index (χ1v) is 6.54. The standard InChI is InChI=1S/C12H18N2O3S/c1-8-7-18-10(14-8)5-9(15)6-13-11(16)17-12(2,3)4/h7H,5-6H2,1-4H3,(H,13,16). The van der Waals surface area contributed by atoms with Gasteiger partial charge < -0.3 is 10.1 Å². The van der Waals surface area contributed by atoms with Crippen LogP contribution in [0.3, 0.4) is 0 Å². The molecule has 1 aromatic rings. The molecular weight excluding hydrogens is 252 g/mol. The summed E-state index contributed by atoms with van der Waals surface area (Å²) in [6.07, 6.45) is -0.333. The number of aromatic nitrogens is 1. The number of Topliss-reactive ketones (excluding diaryl/α,β-unsaturated/α-hetero) is 1. The van der Waals surface area contributed by atoms with Gasteiger partial charge in [-0.15, -0.1) is 11.3 Å². The van der Waals surface area contributed by atoms with E-state index in [1.54, 1.807) is 20.8 Å². The van der Waals surface area contributed by atoms with Crippen molar-refractivity contribution in [1.82, 2.24) is 10.3 Å². The van der Waals surface area contributed by atoms with Crippen LogP contribution in [0.15, 0.2) is 5.38 Å². The van der Waals surface area contributed by atoms with Crippen LogP contribution >= 0.6 is 11.3 Å². The second kappa shape index (κ2) is 5.95. The number of alkyl carbamates (subject to hydrolysis) is 1. The second-order valence-electron chi connectivity index (χ2n) is 4.95. The fourth-order valence-electron chi connectivity index (χ4n) is 1.20. The van der Waals surface area contributed by atoms with Crippen LogP contribution in [0.4, 0.5) is 4.79 Å². The normalized spacial score (nSPS) is 11.1. The Balaban J connectivity index is 2.31. The first kappa shape index (κ1) is 14.6. The lowest BCUT2D eigenvalue weighted by Crippen LogP contribution is -2.35. The number of ether oxygens (including phenoxy) is 1. The van der Waals surface area contributed by atoms with E-state index >= 15 is 0 Å². The molecule has 1 aromatic heterocycles. The highest BCUT2D eigenvalue weighted by molar-refractivity contribution is 7.09. The predicted molar refractivity (Wildman–Crippen MR) is 69.8 cm³/mol. The molecule has 0 fully saturated rings. The molecule has 1 heterocycles. The van der Waals surface area contributed by atoms with Crippen LogP contribution in [0.5, 0.6) is 0 Å². The average Bonchev–Trinajstić information content (AvgIpc) is 2.58. The number of aryl methyl sites for hydroxylation is 1. The molecule has 0 saturated heterocycles. The SMILES string of the molecule is Cc1csc(CC(=O)CNC(=O)OC(C)(C)C)n1. The zero-order valence-corrected chi connectivity index (χ0v) is 11.9. The van der Waals surface area contributed by atoms with E-state index in [0.29, 0.717) is 0 Å². The number of hydrogen-bond donors (Lipinski definition) is 1. The van der Waals surface area contributed by atoms with E-state index in [0.717, 1.165) is 10.7 Å². The summed E-state index contributed by atoms with van der Waals surface area (Å²) in [6.45, 7) is 7.16. The van der Waals surface area contributed by atoms with Crippen LogP contribution in [-0.4, -0.2) is 29.0 Å². The summed E-state index contributed by atoms with van der Waals surface area (Å²) in [4.78, 5) is 27.1. The molecule has 0 saturated carbocycles. The number of nitrogens with one attached hydrogen (secondary N) is 1. The summed E-state index contributed by atoms with van der Waals surface area (Å²) in [5.41, 5.74) is 0.349. The van der Waals surface area contributed by atoms with Gasteiger partial charge in [-0.25, -0.2) is 9.78 Å². The van der Waals surface area contributed by atoms with Gasteiger partial charge in [0.25, 0.3) is 0 Å². The van der Waals surface area contributed by atoms with Gasteiger partial charge in [-0.05, 0) is 27.7 Å². The maximum absolute atomic E-state index is 11.6. The van der Waals surface area contributed by atoms with E-state index < -0.39 is 11.7 Å². The highest BCUT2D eigenvalue weighted by Crippen LogP contribution is 2.09. The van der Waals surface area contributed by atoms with Gasteiger partial charge in [0.1, 0.15) is 10.6 Å². The number of ketones is 1. The Bertz CT molecular complexity index is 435. The smallest absolute Gasteiger partial charge is 0.408 e. The summed E-state index contributed by atoms with van der Waals surface area (Å²) in [5.74, 6) is -0.0878. The molecule has 0 bridgehead atoms. The molecular formula is C12H18N2O3S. The van der Waals surface area contributed by atoms with Crippen molar-refractivity contribution in [2.24, 2.45) is 0 Å². The fraction of sp³-hybridized carbons (Fsp3) is 0.583. The molecule has 1 N–H and O–H groups in total. The quantitative estimate of drug-likeness (QED) is 0.909. The lowest BCUT2D eigenvalue weighted by molar-refractivity contribution is -0.117. The van der Waals surface area contributed by atoms with Crippen molar-refractivity contribution in [1.29, 1.82) is 0 Å². The molecule has 1 amide bonds. The number of carbonyl (C=O) groups excluding carboxylic acids is 2. The maximum atomic E-state index is 11.6. The highest BCUT2D eigenvalue weighted by Gasteiger charge is 2.16. The third-order valence-corrected chi connectivity index (χ3v) is 2.81. The van der Waals surface area contributed by atoms with E-state index in [1.165, 1.54) is 11.3 Å². The van der Waals surface area contributed by atoms with Gasteiger partial charge in [0, 0.05) is 11.1 Å². The summed E-state index contributed by atoms with van der Waals surface area (Å²) < 4.78 is 5.03. The number of carbonyl (C=O) groups is 2. The molecule has 0 aliphatic rings. The first-order chi connectivity index (χ1) is 8.26. The van der Waals surface area contributed by atoms with Gasteiger partial charge in [-0.1, -0.05) is 0 Å². The molecule has 0 aromatic carbocycles. The topological polar surface area (TPSA) is 68.3 Å².